The fourth-order valence-corrected chi connectivity index (χ4v) is 1.08. The Balaban J connectivity index is 2.69. The number of aromatic nitrogens is 1. The number of carbonyl (C=O) groups is 1. The summed E-state index contributed by atoms with van der Waals surface area (Å²) in [7, 11) is 0. The van der Waals surface area contributed by atoms with Gasteiger partial charge in [0.2, 0.25) is 0 Å². The highest BCUT2D eigenvalue weighted by molar-refractivity contribution is 6.30. The van der Waals surface area contributed by atoms with Gasteiger partial charge in [-0.25, -0.2) is 9.37 Å². The molecule has 0 amide bonds. The van der Waals surface area contributed by atoms with Crippen molar-refractivity contribution in [3.05, 3.63) is 28.8 Å². The number of halogens is 2. The van der Waals surface area contributed by atoms with E-state index in [4.69, 9.17) is 11.6 Å². The number of rotatable bonds is 2. The summed E-state index contributed by atoms with van der Waals surface area (Å²) in [5.74, 6) is 4.15. The Bertz CT molecular complexity index is 451. The van der Waals surface area contributed by atoms with Crippen molar-refractivity contribution in [3.8, 4) is 11.8 Å². The molecule has 0 saturated heterocycles. The molecule has 16 heavy (non-hydrogen) atoms. The Labute approximate surface area is 97.6 Å². The van der Waals surface area contributed by atoms with Crippen LogP contribution in [-0.2, 0) is 9.53 Å². The molecule has 0 fully saturated rings. The van der Waals surface area contributed by atoms with E-state index in [1.807, 2.05) is 0 Å². The van der Waals surface area contributed by atoms with Crippen LogP contribution in [0.3, 0.4) is 0 Å². The maximum Gasteiger partial charge on any atom is 0.317 e. The standard InChI is InChI=1S/C11H9ClFNO2/c1-2-16-10(15)5-3-4-8-6-9(13)7-14-11(8)12/h6-7H,2,5H2,1H3. The van der Waals surface area contributed by atoms with Crippen LogP contribution in [0.1, 0.15) is 18.9 Å². The third-order valence-electron chi connectivity index (χ3n) is 1.57. The van der Waals surface area contributed by atoms with E-state index in [0.717, 1.165) is 12.3 Å². The number of nitrogens with zero attached hydrogens (tertiary/aromatic N) is 1. The quantitative estimate of drug-likeness (QED) is 0.453. The molecule has 0 aliphatic rings. The average molecular weight is 242 g/mol. The lowest BCUT2D eigenvalue weighted by Crippen LogP contribution is -2.01. The van der Waals surface area contributed by atoms with Crippen molar-refractivity contribution in [2.45, 2.75) is 13.3 Å². The van der Waals surface area contributed by atoms with Gasteiger partial charge in [-0.2, -0.15) is 0 Å². The molecule has 0 radical (unpaired) electrons. The summed E-state index contributed by atoms with van der Waals surface area (Å²) in [5.41, 5.74) is 0.256. The molecular weight excluding hydrogens is 233 g/mol. The van der Waals surface area contributed by atoms with E-state index >= 15 is 0 Å². The van der Waals surface area contributed by atoms with Gasteiger partial charge in [0.25, 0.3) is 0 Å². The number of esters is 1. The van der Waals surface area contributed by atoms with Gasteiger partial charge in [0.1, 0.15) is 17.4 Å². The van der Waals surface area contributed by atoms with Crippen LogP contribution in [0.15, 0.2) is 12.3 Å². The molecule has 84 valence electrons. The SMILES string of the molecule is CCOC(=O)CC#Cc1cc(F)cnc1Cl. The summed E-state index contributed by atoms with van der Waals surface area (Å²) in [5, 5.41) is 0.109. The van der Waals surface area contributed by atoms with Gasteiger partial charge in [-0.3, -0.25) is 4.79 Å². The van der Waals surface area contributed by atoms with Gasteiger partial charge in [-0.1, -0.05) is 23.4 Å². The summed E-state index contributed by atoms with van der Waals surface area (Å²) < 4.78 is 17.4. The van der Waals surface area contributed by atoms with Gasteiger partial charge in [-0.15, -0.1) is 0 Å². The number of pyridine rings is 1. The van der Waals surface area contributed by atoms with Crippen molar-refractivity contribution in [2.24, 2.45) is 0 Å². The van der Waals surface area contributed by atoms with Crippen LogP contribution < -0.4 is 0 Å². The maximum atomic E-state index is 12.8. The number of hydrogen-bond acceptors (Lipinski definition) is 3. The molecule has 0 atom stereocenters. The summed E-state index contributed by atoms with van der Waals surface area (Å²) in [6.07, 6.45) is 0.944. The topological polar surface area (TPSA) is 39.2 Å². The van der Waals surface area contributed by atoms with Crippen molar-refractivity contribution < 1.29 is 13.9 Å². The van der Waals surface area contributed by atoms with Crippen LogP contribution in [0.25, 0.3) is 0 Å². The molecule has 1 aromatic rings. The lowest BCUT2D eigenvalue weighted by molar-refractivity contribution is -0.141. The lowest BCUT2D eigenvalue weighted by Gasteiger charge is -1.95. The van der Waals surface area contributed by atoms with E-state index in [1.165, 1.54) is 0 Å². The van der Waals surface area contributed by atoms with Crippen LogP contribution in [0.5, 0.6) is 0 Å². The summed E-state index contributed by atoms with van der Waals surface area (Å²) >= 11 is 5.68. The smallest absolute Gasteiger partial charge is 0.317 e. The molecule has 0 unspecified atom stereocenters. The second kappa shape index (κ2) is 6.09. The van der Waals surface area contributed by atoms with E-state index in [0.29, 0.717) is 6.61 Å². The molecular formula is C11H9ClFNO2. The Morgan fingerprint density at radius 1 is 1.69 bits per heavy atom. The first-order valence-corrected chi connectivity index (χ1v) is 4.96. The van der Waals surface area contributed by atoms with Crippen LogP contribution in [0.2, 0.25) is 5.15 Å². The van der Waals surface area contributed by atoms with Gasteiger partial charge >= 0.3 is 5.97 Å². The van der Waals surface area contributed by atoms with Gasteiger partial charge in [0.05, 0.1) is 18.4 Å². The highest BCUT2D eigenvalue weighted by atomic mass is 35.5. The Morgan fingerprint density at radius 2 is 2.44 bits per heavy atom. The molecule has 0 bridgehead atoms. The first-order chi connectivity index (χ1) is 7.63. The normalized spacial score (nSPS) is 9.19. The molecule has 1 heterocycles. The highest BCUT2D eigenvalue weighted by Gasteiger charge is 2.01. The second-order valence-corrected chi connectivity index (χ2v) is 3.13. The second-order valence-electron chi connectivity index (χ2n) is 2.78. The Morgan fingerprint density at radius 3 is 3.12 bits per heavy atom. The minimum Gasteiger partial charge on any atom is -0.465 e. The molecule has 5 heteroatoms. The average Bonchev–Trinajstić information content (AvgIpc) is 2.23. The lowest BCUT2D eigenvalue weighted by atomic mass is 10.2. The van der Waals surface area contributed by atoms with Crippen molar-refractivity contribution in [3.63, 3.8) is 0 Å². The molecule has 1 aromatic heterocycles. The number of carbonyl (C=O) groups excluding carboxylic acids is 1. The maximum absolute atomic E-state index is 12.8. The summed E-state index contributed by atoms with van der Waals surface area (Å²) in [6, 6.07) is 1.16. The third-order valence-corrected chi connectivity index (χ3v) is 1.87. The monoisotopic (exact) mass is 241 g/mol. The summed E-state index contributed by atoms with van der Waals surface area (Å²) in [6.45, 7) is 2.02. The number of hydrogen-bond donors (Lipinski definition) is 0. The van der Waals surface area contributed by atoms with Crippen molar-refractivity contribution in [2.75, 3.05) is 6.61 Å². The van der Waals surface area contributed by atoms with E-state index in [2.05, 4.69) is 21.6 Å². The van der Waals surface area contributed by atoms with Crippen molar-refractivity contribution in [1.29, 1.82) is 0 Å². The van der Waals surface area contributed by atoms with Gasteiger partial charge < -0.3 is 4.74 Å². The van der Waals surface area contributed by atoms with Gasteiger partial charge in [-0.05, 0) is 13.0 Å². The fraction of sp³-hybridized carbons (Fsp3) is 0.273. The first-order valence-electron chi connectivity index (χ1n) is 4.59. The molecule has 0 aliphatic carbocycles. The minimum atomic E-state index is -0.523. The largest absolute Gasteiger partial charge is 0.465 e. The van der Waals surface area contributed by atoms with E-state index in [1.54, 1.807) is 6.92 Å². The zero-order chi connectivity index (χ0) is 12.0. The third kappa shape index (κ3) is 3.87. The van der Waals surface area contributed by atoms with Gasteiger partial charge in [0.15, 0.2) is 0 Å². The minimum absolute atomic E-state index is 0.0549. The van der Waals surface area contributed by atoms with Gasteiger partial charge in [0, 0.05) is 0 Å². The molecule has 0 saturated carbocycles. The Hall–Kier alpha value is -1.60. The van der Waals surface area contributed by atoms with Crippen molar-refractivity contribution in [1.82, 2.24) is 4.98 Å². The number of ether oxygens (including phenoxy) is 1. The van der Waals surface area contributed by atoms with E-state index in [-0.39, 0.29) is 17.1 Å². The molecule has 0 aromatic carbocycles. The predicted molar refractivity (Wildman–Crippen MR) is 57.3 cm³/mol. The van der Waals surface area contributed by atoms with E-state index < -0.39 is 11.8 Å². The Kier molecular flexibility index (Phi) is 4.74. The fourth-order valence-electron chi connectivity index (χ4n) is 0.934. The molecule has 0 aliphatic heterocycles. The van der Waals surface area contributed by atoms with Crippen molar-refractivity contribution >= 4 is 17.6 Å². The van der Waals surface area contributed by atoms with Crippen LogP contribution >= 0.6 is 11.6 Å². The van der Waals surface area contributed by atoms with Crippen LogP contribution in [0, 0.1) is 17.7 Å². The molecule has 0 N–H and O–H groups in total. The highest BCUT2D eigenvalue weighted by Crippen LogP contribution is 2.11. The first kappa shape index (κ1) is 12.5. The van der Waals surface area contributed by atoms with E-state index in [9.17, 15) is 9.18 Å². The zero-order valence-electron chi connectivity index (χ0n) is 8.59. The zero-order valence-corrected chi connectivity index (χ0v) is 9.34. The summed E-state index contributed by atoms with van der Waals surface area (Å²) in [4.78, 5) is 14.5. The molecule has 1 rings (SSSR count). The van der Waals surface area contributed by atoms with Crippen LogP contribution in [-0.4, -0.2) is 17.6 Å². The van der Waals surface area contributed by atoms with Crippen LogP contribution in [0.4, 0.5) is 4.39 Å². The molecule has 0 spiro atoms. The predicted octanol–water partition coefficient (Wildman–Crippen LogP) is 2.18. The molecule has 3 nitrogen and oxygen atoms in total.